The number of halogens is 2. The minimum atomic E-state index is -0.734. The van der Waals surface area contributed by atoms with Gasteiger partial charge in [-0.2, -0.15) is 0 Å². The van der Waals surface area contributed by atoms with Gasteiger partial charge in [0.1, 0.15) is 5.75 Å². The highest BCUT2D eigenvalue weighted by Crippen LogP contribution is 2.29. The Balaban J connectivity index is 1.65. The fourth-order valence-electron chi connectivity index (χ4n) is 2.09. The van der Waals surface area contributed by atoms with Gasteiger partial charge >= 0.3 is 0 Å². The highest BCUT2D eigenvalue weighted by Gasteiger charge is 2.18. The molecule has 0 bridgehead atoms. The molecule has 1 atom stereocenters. The van der Waals surface area contributed by atoms with Crippen LogP contribution in [0.15, 0.2) is 53.9 Å². The summed E-state index contributed by atoms with van der Waals surface area (Å²) in [6.45, 7) is 1.64. The number of hydrogen-bond acceptors (Lipinski definition) is 4. The largest absolute Gasteiger partial charge is 0.479 e. The van der Waals surface area contributed by atoms with Crippen LogP contribution in [0.2, 0.25) is 10.0 Å². The van der Waals surface area contributed by atoms with E-state index in [0.717, 1.165) is 11.3 Å². The maximum atomic E-state index is 12.3. The van der Waals surface area contributed by atoms with Crippen LogP contribution in [0.5, 0.6) is 5.75 Å². The van der Waals surface area contributed by atoms with E-state index in [1.54, 1.807) is 25.1 Å². The van der Waals surface area contributed by atoms with Gasteiger partial charge in [0.15, 0.2) is 11.2 Å². The molecule has 0 saturated carbocycles. The first-order valence-corrected chi connectivity index (χ1v) is 9.10. The number of carbonyl (C=O) groups excluding carboxylic acids is 1. The molecule has 2 aromatic carbocycles. The summed E-state index contributed by atoms with van der Waals surface area (Å²) in [5, 5.41) is 6.03. The van der Waals surface area contributed by atoms with Gasteiger partial charge in [-0.05, 0) is 25.1 Å². The molecule has 0 fully saturated rings. The fraction of sp³-hybridized carbons (Fsp3) is 0.111. The molecular formula is C18H14Cl2N2O2S. The average molecular weight is 393 g/mol. The maximum Gasteiger partial charge on any atom is 0.266 e. The van der Waals surface area contributed by atoms with E-state index in [2.05, 4.69) is 10.3 Å². The van der Waals surface area contributed by atoms with Crippen LogP contribution in [0.4, 0.5) is 5.13 Å². The van der Waals surface area contributed by atoms with Crippen molar-refractivity contribution < 1.29 is 9.53 Å². The summed E-state index contributed by atoms with van der Waals surface area (Å²) in [7, 11) is 0. The molecule has 1 amide bonds. The van der Waals surface area contributed by atoms with Gasteiger partial charge in [0.2, 0.25) is 0 Å². The predicted octanol–water partition coefficient (Wildman–Crippen LogP) is 5.52. The third kappa shape index (κ3) is 4.51. The van der Waals surface area contributed by atoms with Crippen LogP contribution in [-0.4, -0.2) is 17.0 Å². The minimum absolute atomic E-state index is 0.306. The topological polar surface area (TPSA) is 51.2 Å². The SMILES string of the molecule is C[C@@H](Oc1ccc(Cl)cc1Cl)C(=O)Nc1nc(-c2ccccc2)cs1. The average Bonchev–Trinajstić information content (AvgIpc) is 3.06. The van der Waals surface area contributed by atoms with Crippen molar-refractivity contribution in [2.45, 2.75) is 13.0 Å². The zero-order valence-electron chi connectivity index (χ0n) is 13.2. The second-order valence-electron chi connectivity index (χ2n) is 5.23. The van der Waals surface area contributed by atoms with Crippen molar-refractivity contribution in [2.24, 2.45) is 0 Å². The van der Waals surface area contributed by atoms with Crippen LogP contribution in [-0.2, 0) is 4.79 Å². The van der Waals surface area contributed by atoms with Crippen LogP contribution in [0.3, 0.4) is 0 Å². The van der Waals surface area contributed by atoms with Gasteiger partial charge in [-0.3, -0.25) is 10.1 Å². The first-order valence-electron chi connectivity index (χ1n) is 7.46. The molecule has 0 aliphatic heterocycles. The molecule has 3 aromatic rings. The van der Waals surface area contributed by atoms with Gasteiger partial charge in [-0.15, -0.1) is 11.3 Å². The molecule has 25 heavy (non-hydrogen) atoms. The molecule has 0 aliphatic rings. The Morgan fingerprint density at radius 1 is 1.20 bits per heavy atom. The first kappa shape index (κ1) is 17.7. The summed E-state index contributed by atoms with van der Waals surface area (Å²) < 4.78 is 5.60. The third-order valence-electron chi connectivity index (χ3n) is 3.37. The highest BCUT2D eigenvalue weighted by molar-refractivity contribution is 7.14. The van der Waals surface area contributed by atoms with Crippen molar-refractivity contribution in [3.05, 3.63) is 64.0 Å². The van der Waals surface area contributed by atoms with Crippen LogP contribution in [0, 0.1) is 0 Å². The number of thiazole rings is 1. The van der Waals surface area contributed by atoms with Gasteiger partial charge in [-0.1, -0.05) is 53.5 Å². The quantitative estimate of drug-likeness (QED) is 0.621. The van der Waals surface area contributed by atoms with Crippen molar-refractivity contribution in [2.75, 3.05) is 5.32 Å². The Morgan fingerprint density at radius 2 is 1.96 bits per heavy atom. The van der Waals surface area contributed by atoms with E-state index in [4.69, 9.17) is 27.9 Å². The molecule has 1 aromatic heterocycles. The maximum absolute atomic E-state index is 12.3. The summed E-state index contributed by atoms with van der Waals surface area (Å²) in [6.07, 6.45) is -0.734. The van der Waals surface area contributed by atoms with Crippen molar-refractivity contribution in [1.82, 2.24) is 4.98 Å². The molecule has 0 aliphatic carbocycles. The standard InChI is InChI=1S/C18H14Cl2N2O2S/c1-11(24-16-8-7-13(19)9-14(16)20)17(23)22-18-21-15(10-25-18)12-5-3-2-4-6-12/h2-11H,1H3,(H,21,22,23)/t11-/m1/s1. The van der Waals surface area contributed by atoms with E-state index < -0.39 is 6.10 Å². The van der Waals surface area contributed by atoms with Crippen LogP contribution < -0.4 is 10.1 Å². The zero-order chi connectivity index (χ0) is 17.8. The molecule has 1 heterocycles. The van der Waals surface area contributed by atoms with E-state index in [1.807, 2.05) is 35.7 Å². The molecular weight excluding hydrogens is 379 g/mol. The number of rotatable bonds is 5. The minimum Gasteiger partial charge on any atom is -0.479 e. The van der Waals surface area contributed by atoms with E-state index in [9.17, 15) is 4.79 Å². The third-order valence-corrected chi connectivity index (χ3v) is 4.66. The molecule has 3 rings (SSSR count). The smallest absolute Gasteiger partial charge is 0.266 e. The van der Waals surface area contributed by atoms with Crippen molar-refractivity contribution >= 4 is 45.6 Å². The van der Waals surface area contributed by atoms with E-state index in [0.29, 0.717) is 20.9 Å². The van der Waals surface area contributed by atoms with Crippen LogP contribution >= 0.6 is 34.5 Å². The molecule has 128 valence electrons. The molecule has 0 saturated heterocycles. The Hall–Kier alpha value is -2.08. The van der Waals surface area contributed by atoms with Gasteiger partial charge in [0, 0.05) is 16.0 Å². The lowest BCUT2D eigenvalue weighted by Gasteiger charge is -2.14. The zero-order valence-corrected chi connectivity index (χ0v) is 15.5. The van der Waals surface area contributed by atoms with Gasteiger partial charge in [0.05, 0.1) is 10.7 Å². The lowest BCUT2D eigenvalue weighted by atomic mass is 10.2. The number of benzene rings is 2. The number of aromatic nitrogens is 1. The summed E-state index contributed by atoms with van der Waals surface area (Å²) in [4.78, 5) is 16.7. The number of hydrogen-bond donors (Lipinski definition) is 1. The van der Waals surface area contributed by atoms with Gasteiger partial charge in [0.25, 0.3) is 5.91 Å². The summed E-state index contributed by atoms with van der Waals surface area (Å²) in [5.41, 5.74) is 1.81. The number of ether oxygens (including phenoxy) is 1. The Bertz CT molecular complexity index is 884. The van der Waals surface area contributed by atoms with E-state index in [1.165, 1.54) is 11.3 Å². The predicted molar refractivity (Wildman–Crippen MR) is 103 cm³/mol. The Morgan fingerprint density at radius 3 is 2.68 bits per heavy atom. The molecule has 1 N–H and O–H groups in total. The van der Waals surface area contributed by atoms with Crippen molar-refractivity contribution in [3.8, 4) is 17.0 Å². The molecule has 4 nitrogen and oxygen atoms in total. The van der Waals surface area contributed by atoms with Crippen molar-refractivity contribution in [3.63, 3.8) is 0 Å². The van der Waals surface area contributed by atoms with Crippen LogP contribution in [0.25, 0.3) is 11.3 Å². The summed E-state index contributed by atoms with van der Waals surface area (Å²) >= 11 is 13.3. The van der Waals surface area contributed by atoms with Gasteiger partial charge < -0.3 is 4.74 Å². The van der Waals surface area contributed by atoms with E-state index >= 15 is 0 Å². The number of carbonyl (C=O) groups is 1. The Labute approximate surface area is 159 Å². The monoisotopic (exact) mass is 392 g/mol. The first-order chi connectivity index (χ1) is 12.0. The molecule has 0 radical (unpaired) electrons. The highest BCUT2D eigenvalue weighted by atomic mass is 35.5. The van der Waals surface area contributed by atoms with E-state index in [-0.39, 0.29) is 5.91 Å². The normalized spacial score (nSPS) is 11.8. The summed E-state index contributed by atoms with van der Waals surface area (Å²) in [6, 6.07) is 14.6. The molecule has 0 unspecified atom stereocenters. The number of nitrogens with zero attached hydrogens (tertiary/aromatic N) is 1. The van der Waals surface area contributed by atoms with Crippen molar-refractivity contribution in [1.29, 1.82) is 0 Å². The number of amides is 1. The number of anilines is 1. The number of nitrogens with one attached hydrogen (secondary N) is 1. The molecule has 0 spiro atoms. The van der Waals surface area contributed by atoms with Gasteiger partial charge in [-0.25, -0.2) is 4.98 Å². The second-order valence-corrected chi connectivity index (χ2v) is 6.93. The Kier molecular flexibility index (Phi) is 5.58. The lowest BCUT2D eigenvalue weighted by molar-refractivity contribution is -0.122. The molecule has 7 heteroatoms. The second kappa shape index (κ2) is 7.87. The fourth-order valence-corrected chi connectivity index (χ4v) is 3.27. The summed E-state index contributed by atoms with van der Waals surface area (Å²) in [5.74, 6) is 0.0952. The van der Waals surface area contributed by atoms with Crippen LogP contribution in [0.1, 0.15) is 6.92 Å². The lowest BCUT2D eigenvalue weighted by Crippen LogP contribution is -2.30.